The molecule has 0 amide bonds. The summed E-state index contributed by atoms with van der Waals surface area (Å²) >= 11 is 1.36. The van der Waals surface area contributed by atoms with Gasteiger partial charge in [-0.05, 0) is 0 Å². The first kappa shape index (κ1) is 12.6. The molecule has 0 bridgehead atoms. The molecule has 5 heteroatoms. The maximum Gasteiger partial charge on any atom is 0.355 e. The van der Waals surface area contributed by atoms with Crippen LogP contribution in [0.1, 0.15) is 15.5 Å². The quantitative estimate of drug-likeness (QED) is 0.738. The Morgan fingerprint density at radius 2 is 2.12 bits per heavy atom. The Bertz CT molecular complexity index is 377. The van der Waals surface area contributed by atoms with Crippen molar-refractivity contribution in [2.45, 2.75) is 6.54 Å². The normalized spacial score (nSPS) is 10.3. The zero-order valence-corrected chi connectivity index (χ0v) is 9.74. The van der Waals surface area contributed by atoms with Crippen LogP contribution in [0.15, 0.2) is 30.7 Å². The molecule has 16 heavy (non-hydrogen) atoms. The fourth-order valence-electron chi connectivity index (χ4n) is 1.24. The van der Waals surface area contributed by atoms with E-state index in [1.165, 1.54) is 11.3 Å². The van der Waals surface area contributed by atoms with Crippen LogP contribution < -0.4 is 0 Å². The van der Waals surface area contributed by atoms with Crippen molar-refractivity contribution in [1.29, 1.82) is 0 Å². The van der Waals surface area contributed by atoms with Gasteiger partial charge in [-0.1, -0.05) is 12.2 Å². The summed E-state index contributed by atoms with van der Waals surface area (Å²) in [7, 11) is 0. The van der Waals surface area contributed by atoms with Crippen molar-refractivity contribution in [3.05, 3.63) is 41.4 Å². The van der Waals surface area contributed by atoms with E-state index in [0.29, 0.717) is 6.54 Å². The van der Waals surface area contributed by atoms with Crippen LogP contribution in [-0.4, -0.2) is 34.0 Å². The second-order valence-corrected chi connectivity index (χ2v) is 4.15. The molecule has 1 N–H and O–H groups in total. The molecule has 0 unspecified atom stereocenters. The summed E-state index contributed by atoms with van der Waals surface area (Å²) in [6, 6.07) is 0. The lowest BCUT2D eigenvalue weighted by atomic mass is 10.4. The molecule has 1 aromatic rings. The number of hydrogen-bond donors (Lipinski definition) is 1. The molecule has 1 heterocycles. The van der Waals surface area contributed by atoms with E-state index in [1.807, 2.05) is 0 Å². The number of hydrogen-bond acceptors (Lipinski definition) is 4. The lowest BCUT2D eigenvalue weighted by Crippen LogP contribution is -2.23. The second-order valence-electron chi connectivity index (χ2n) is 3.20. The van der Waals surface area contributed by atoms with Crippen LogP contribution in [0, 0.1) is 0 Å². The number of thiazole rings is 1. The highest BCUT2D eigenvalue weighted by molar-refractivity contribution is 7.09. The van der Waals surface area contributed by atoms with Crippen LogP contribution in [0.4, 0.5) is 0 Å². The van der Waals surface area contributed by atoms with Gasteiger partial charge in [0.25, 0.3) is 0 Å². The predicted molar refractivity (Wildman–Crippen MR) is 64.7 cm³/mol. The average Bonchev–Trinajstić information content (AvgIpc) is 2.67. The summed E-state index contributed by atoms with van der Waals surface area (Å²) in [5.41, 5.74) is 0.108. The molecular weight excluding hydrogens is 224 g/mol. The molecule has 0 aromatic carbocycles. The van der Waals surface area contributed by atoms with Crippen LogP contribution >= 0.6 is 11.3 Å². The molecule has 0 aliphatic rings. The van der Waals surface area contributed by atoms with Crippen LogP contribution in [-0.2, 0) is 6.54 Å². The van der Waals surface area contributed by atoms with Crippen molar-refractivity contribution >= 4 is 17.3 Å². The van der Waals surface area contributed by atoms with Crippen LogP contribution in [0.25, 0.3) is 0 Å². The number of carboxylic acid groups (broad SMARTS) is 1. The first-order valence-corrected chi connectivity index (χ1v) is 5.67. The van der Waals surface area contributed by atoms with E-state index < -0.39 is 5.97 Å². The Kier molecular flexibility index (Phi) is 4.88. The minimum Gasteiger partial charge on any atom is -0.476 e. The third-order valence-electron chi connectivity index (χ3n) is 1.90. The highest BCUT2D eigenvalue weighted by Gasteiger charge is 2.10. The van der Waals surface area contributed by atoms with Gasteiger partial charge in [-0.3, -0.25) is 4.90 Å². The van der Waals surface area contributed by atoms with Gasteiger partial charge in [0, 0.05) is 18.5 Å². The molecule has 1 rings (SSSR count). The molecule has 0 aliphatic heterocycles. The maximum absolute atomic E-state index is 10.6. The smallest absolute Gasteiger partial charge is 0.355 e. The largest absolute Gasteiger partial charge is 0.476 e. The Balaban J connectivity index is 2.65. The second kappa shape index (κ2) is 6.19. The summed E-state index contributed by atoms with van der Waals surface area (Å²) in [4.78, 5) is 16.7. The molecule has 0 aliphatic carbocycles. The van der Waals surface area contributed by atoms with Crippen molar-refractivity contribution in [3.63, 3.8) is 0 Å². The monoisotopic (exact) mass is 238 g/mol. The standard InChI is InChI=1S/C11H14N2O2S/c1-3-5-13(6-4-2)7-10-12-9(8-16-10)11(14)15/h3-4,8H,1-2,5-7H2,(H,14,15). The summed E-state index contributed by atoms with van der Waals surface area (Å²) in [6.45, 7) is 9.42. The third-order valence-corrected chi connectivity index (χ3v) is 2.74. The fraction of sp³-hybridized carbons (Fsp3) is 0.273. The van der Waals surface area contributed by atoms with Gasteiger partial charge in [-0.2, -0.15) is 0 Å². The van der Waals surface area contributed by atoms with Gasteiger partial charge in [0.15, 0.2) is 5.69 Å². The molecule has 86 valence electrons. The van der Waals surface area contributed by atoms with E-state index in [0.717, 1.165) is 18.1 Å². The van der Waals surface area contributed by atoms with Gasteiger partial charge in [0.2, 0.25) is 0 Å². The summed E-state index contributed by atoms with van der Waals surface area (Å²) in [6.07, 6.45) is 3.60. The van der Waals surface area contributed by atoms with E-state index >= 15 is 0 Å². The van der Waals surface area contributed by atoms with Gasteiger partial charge >= 0.3 is 5.97 Å². The van der Waals surface area contributed by atoms with E-state index in [2.05, 4.69) is 23.0 Å². The summed E-state index contributed by atoms with van der Waals surface area (Å²) in [5.74, 6) is -0.985. The molecule has 1 aromatic heterocycles. The average molecular weight is 238 g/mol. The lowest BCUT2D eigenvalue weighted by molar-refractivity contribution is 0.0691. The van der Waals surface area contributed by atoms with Crippen LogP contribution in [0.3, 0.4) is 0 Å². The number of carboxylic acids is 1. The van der Waals surface area contributed by atoms with Crippen molar-refractivity contribution in [1.82, 2.24) is 9.88 Å². The Labute approximate surface area is 98.5 Å². The van der Waals surface area contributed by atoms with Gasteiger partial charge in [-0.15, -0.1) is 24.5 Å². The minimum atomic E-state index is -0.985. The van der Waals surface area contributed by atoms with Crippen LogP contribution in [0.5, 0.6) is 0 Å². The molecule has 0 spiro atoms. The number of aromatic nitrogens is 1. The molecule has 0 atom stereocenters. The SMILES string of the molecule is C=CCN(CC=C)Cc1nc(C(=O)O)cs1. The van der Waals surface area contributed by atoms with Gasteiger partial charge in [-0.25, -0.2) is 9.78 Å². The third kappa shape index (κ3) is 3.60. The maximum atomic E-state index is 10.6. The first-order valence-electron chi connectivity index (χ1n) is 4.79. The molecule has 0 saturated carbocycles. The Morgan fingerprint density at radius 1 is 1.50 bits per heavy atom. The predicted octanol–water partition coefficient (Wildman–Crippen LogP) is 2.02. The lowest BCUT2D eigenvalue weighted by Gasteiger charge is -2.16. The van der Waals surface area contributed by atoms with E-state index in [4.69, 9.17) is 5.11 Å². The number of rotatable bonds is 7. The molecular formula is C11H14N2O2S. The zero-order chi connectivity index (χ0) is 12.0. The minimum absolute atomic E-state index is 0.108. The van der Waals surface area contributed by atoms with E-state index in [1.54, 1.807) is 17.5 Å². The van der Waals surface area contributed by atoms with Crippen molar-refractivity contribution < 1.29 is 9.90 Å². The molecule has 0 fully saturated rings. The fourth-order valence-corrected chi connectivity index (χ4v) is 2.05. The van der Waals surface area contributed by atoms with Gasteiger partial charge in [0.05, 0.1) is 6.54 Å². The highest BCUT2D eigenvalue weighted by atomic mass is 32.1. The first-order chi connectivity index (χ1) is 7.67. The van der Waals surface area contributed by atoms with Crippen molar-refractivity contribution in [2.75, 3.05) is 13.1 Å². The van der Waals surface area contributed by atoms with Gasteiger partial charge in [0.1, 0.15) is 5.01 Å². The highest BCUT2D eigenvalue weighted by Crippen LogP contribution is 2.12. The Morgan fingerprint density at radius 3 is 2.56 bits per heavy atom. The van der Waals surface area contributed by atoms with Crippen molar-refractivity contribution in [3.8, 4) is 0 Å². The topological polar surface area (TPSA) is 53.4 Å². The molecule has 0 radical (unpaired) electrons. The van der Waals surface area contributed by atoms with Crippen molar-refractivity contribution in [2.24, 2.45) is 0 Å². The number of aromatic carboxylic acids is 1. The van der Waals surface area contributed by atoms with E-state index in [9.17, 15) is 4.79 Å². The Hall–Kier alpha value is -1.46. The molecule has 0 saturated heterocycles. The van der Waals surface area contributed by atoms with Crippen LogP contribution in [0.2, 0.25) is 0 Å². The zero-order valence-electron chi connectivity index (χ0n) is 8.93. The number of nitrogens with zero attached hydrogens (tertiary/aromatic N) is 2. The summed E-state index contributed by atoms with van der Waals surface area (Å²) < 4.78 is 0. The number of carbonyl (C=O) groups is 1. The molecule has 4 nitrogen and oxygen atoms in total. The summed E-state index contributed by atoms with van der Waals surface area (Å²) in [5, 5.41) is 11.1. The van der Waals surface area contributed by atoms with Gasteiger partial charge < -0.3 is 5.11 Å². The van der Waals surface area contributed by atoms with E-state index in [-0.39, 0.29) is 5.69 Å².